The molecule has 2 aromatic heterocycles. The number of benzene rings is 2. The van der Waals surface area contributed by atoms with E-state index in [0.717, 1.165) is 39.0 Å². The van der Waals surface area contributed by atoms with Crippen molar-refractivity contribution in [2.24, 2.45) is 12.8 Å². The number of nitrogens with two attached hydrogens (primary N) is 1. The molecule has 0 unspecified atom stereocenters. The summed E-state index contributed by atoms with van der Waals surface area (Å²) in [4.78, 5) is 8.00. The highest BCUT2D eigenvalue weighted by Gasteiger charge is 2.13. The fraction of sp³-hybridized carbons (Fsp3) is 0.125. The number of nitrogens with zero attached hydrogens (tertiary/aromatic N) is 3. The Kier molecular flexibility index (Phi) is 2.55. The molecule has 2 heterocycles. The summed E-state index contributed by atoms with van der Waals surface area (Å²) in [6.07, 6.45) is 0. The Hall–Kier alpha value is -2.66. The fourth-order valence-corrected chi connectivity index (χ4v) is 2.68. The van der Waals surface area contributed by atoms with Crippen LogP contribution in [0.15, 0.2) is 42.5 Å². The minimum atomic E-state index is 0.525. The van der Waals surface area contributed by atoms with E-state index in [4.69, 9.17) is 5.73 Å². The van der Waals surface area contributed by atoms with Crippen LogP contribution in [0.4, 0.5) is 0 Å². The van der Waals surface area contributed by atoms with Gasteiger partial charge in [0.05, 0.1) is 16.6 Å². The topological polar surface area (TPSA) is 72.5 Å². The number of nitrogens with one attached hydrogen (secondary N) is 1. The molecule has 0 amide bonds. The number of aryl methyl sites for hydroxylation is 1. The van der Waals surface area contributed by atoms with Gasteiger partial charge < -0.3 is 10.7 Å². The molecule has 4 rings (SSSR count). The molecule has 0 aliphatic rings. The van der Waals surface area contributed by atoms with E-state index in [-0.39, 0.29) is 0 Å². The third-order valence-corrected chi connectivity index (χ3v) is 3.76. The maximum Gasteiger partial charge on any atom is 0.159 e. The fourth-order valence-electron chi connectivity index (χ4n) is 2.68. The Bertz CT molecular complexity index is 948. The van der Waals surface area contributed by atoms with Crippen molar-refractivity contribution in [2.75, 3.05) is 0 Å². The van der Waals surface area contributed by atoms with Gasteiger partial charge in [-0.05, 0) is 23.8 Å². The van der Waals surface area contributed by atoms with E-state index in [1.54, 1.807) is 0 Å². The Balaban J connectivity index is 1.96. The van der Waals surface area contributed by atoms with E-state index in [1.165, 1.54) is 0 Å². The smallest absolute Gasteiger partial charge is 0.159 e. The van der Waals surface area contributed by atoms with Crippen LogP contribution in [0.5, 0.6) is 0 Å². The van der Waals surface area contributed by atoms with Crippen LogP contribution in [0, 0.1) is 0 Å². The van der Waals surface area contributed by atoms with Gasteiger partial charge in [0.1, 0.15) is 5.69 Å². The van der Waals surface area contributed by atoms with Crippen LogP contribution < -0.4 is 5.73 Å². The summed E-state index contributed by atoms with van der Waals surface area (Å²) in [5.74, 6) is 0.788. The van der Waals surface area contributed by atoms with Crippen molar-refractivity contribution < 1.29 is 0 Å². The summed E-state index contributed by atoms with van der Waals surface area (Å²) in [7, 11) is 1.95. The molecule has 0 aliphatic heterocycles. The van der Waals surface area contributed by atoms with Crippen molar-refractivity contribution in [1.82, 2.24) is 19.7 Å². The van der Waals surface area contributed by atoms with Crippen molar-refractivity contribution in [3.63, 3.8) is 0 Å². The normalized spacial score (nSPS) is 11.5. The van der Waals surface area contributed by atoms with Gasteiger partial charge in [0, 0.05) is 19.0 Å². The largest absolute Gasteiger partial charge is 0.337 e. The highest BCUT2D eigenvalue weighted by atomic mass is 15.3. The molecule has 104 valence electrons. The molecule has 5 nitrogen and oxygen atoms in total. The molecule has 0 radical (unpaired) electrons. The average molecular weight is 277 g/mol. The average Bonchev–Trinajstić information content (AvgIpc) is 3.08. The third-order valence-electron chi connectivity index (χ3n) is 3.76. The molecule has 0 saturated heterocycles. The summed E-state index contributed by atoms with van der Waals surface area (Å²) < 4.78 is 1.88. The Morgan fingerprint density at radius 3 is 2.90 bits per heavy atom. The number of fused-ring (bicyclic) bond motifs is 2. The molecule has 0 atom stereocenters. The zero-order chi connectivity index (χ0) is 14.4. The highest BCUT2D eigenvalue weighted by molar-refractivity contribution is 5.93. The van der Waals surface area contributed by atoms with Crippen molar-refractivity contribution in [1.29, 1.82) is 0 Å². The lowest BCUT2D eigenvalue weighted by Crippen LogP contribution is -1.95. The summed E-state index contributed by atoms with van der Waals surface area (Å²) >= 11 is 0. The number of aromatic amines is 1. The number of H-pyrrole nitrogens is 1. The third kappa shape index (κ3) is 1.82. The van der Waals surface area contributed by atoms with Gasteiger partial charge in [-0.15, -0.1) is 0 Å². The highest BCUT2D eigenvalue weighted by Crippen LogP contribution is 2.27. The number of imidazole rings is 1. The van der Waals surface area contributed by atoms with Gasteiger partial charge >= 0.3 is 0 Å². The zero-order valence-corrected chi connectivity index (χ0v) is 11.7. The van der Waals surface area contributed by atoms with Gasteiger partial charge in [-0.2, -0.15) is 5.10 Å². The SMILES string of the molecule is Cn1nc(-c2nc3ccc(CN)cc3[nH]2)c2ccccc21. The molecule has 2 aromatic carbocycles. The van der Waals surface area contributed by atoms with Crippen molar-refractivity contribution in [3.8, 4) is 11.5 Å². The van der Waals surface area contributed by atoms with Crippen molar-refractivity contribution in [2.45, 2.75) is 6.54 Å². The molecule has 0 saturated carbocycles. The first kappa shape index (κ1) is 12.1. The molecule has 5 heteroatoms. The Morgan fingerprint density at radius 2 is 2.05 bits per heavy atom. The van der Waals surface area contributed by atoms with E-state index in [9.17, 15) is 0 Å². The maximum atomic E-state index is 5.69. The van der Waals surface area contributed by atoms with Gasteiger partial charge in [-0.3, -0.25) is 4.68 Å². The van der Waals surface area contributed by atoms with Gasteiger partial charge in [-0.1, -0.05) is 24.3 Å². The van der Waals surface area contributed by atoms with Crippen LogP contribution >= 0.6 is 0 Å². The standard InChI is InChI=1S/C16H15N5/c1-21-14-5-3-2-4-11(14)15(20-21)16-18-12-7-6-10(9-17)8-13(12)19-16/h2-8H,9,17H2,1H3,(H,18,19). The predicted octanol–water partition coefficient (Wildman–Crippen LogP) is 2.58. The maximum absolute atomic E-state index is 5.69. The van der Waals surface area contributed by atoms with E-state index in [2.05, 4.69) is 27.2 Å². The first-order valence-electron chi connectivity index (χ1n) is 6.87. The second kappa shape index (κ2) is 4.43. The summed E-state index contributed by atoms with van der Waals surface area (Å²) in [6.45, 7) is 0.525. The van der Waals surface area contributed by atoms with Crippen LogP contribution in [0.25, 0.3) is 33.5 Å². The molecular formula is C16H15N5. The molecule has 0 aliphatic carbocycles. The molecule has 21 heavy (non-hydrogen) atoms. The molecular weight excluding hydrogens is 262 g/mol. The first-order chi connectivity index (χ1) is 10.3. The quantitative estimate of drug-likeness (QED) is 0.591. The van der Waals surface area contributed by atoms with Crippen LogP contribution in [-0.2, 0) is 13.6 Å². The van der Waals surface area contributed by atoms with Crippen LogP contribution in [0.3, 0.4) is 0 Å². The minimum absolute atomic E-state index is 0.525. The van der Waals surface area contributed by atoms with Gasteiger partial charge in [0.25, 0.3) is 0 Å². The Labute approximate surface area is 121 Å². The molecule has 3 N–H and O–H groups in total. The number of rotatable bonds is 2. The predicted molar refractivity (Wildman–Crippen MR) is 83.7 cm³/mol. The monoisotopic (exact) mass is 277 g/mol. The lowest BCUT2D eigenvalue weighted by atomic mass is 10.2. The molecule has 0 bridgehead atoms. The van der Waals surface area contributed by atoms with E-state index in [0.29, 0.717) is 6.54 Å². The van der Waals surface area contributed by atoms with Crippen molar-refractivity contribution in [3.05, 3.63) is 48.0 Å². The molecule has 4 aromatic rings. The van der Waals surface area contributed by atoms with Crippen LogP contribution in [-0.4, -0.2) is 19.7 Å². The number of hydrogen-bond acceptors (Lipinski definition) is 3. The second-order valence-corrected chi connectivity index (χ2v) is 5.13. The van der Waals surface area contributed by atoms with Gasteiger partial charge in [-0.25, -0.2) is 4.98 Å². The number of aromatic nitrogens is 4. The second-order valence-electron chi connectivity index (χ2n) is 5.13. The van der Waals surface area contributed by atoms with Crippen LogP contribution in [0.1, 0.15) is 5.56 Å². The van der Waals surface area contributed by atoms with Gasteiger partial charge in [0.15, 0.2) is 5.82 Å². The zero-order valence-electron chi connectivity index (χ0n) is 11.7. The molecule has 0 spiro atoms. The minimum Gasteiger partial charge on any atom is -0.337 e. The number of para-hydroxylation sites is 1. The van der Waals surface area contributed by atoms with Crippen LogP contribution in [0.2, 0.25) is 0 Å². The first-order valence-corrected chi connectivity index (χ1v) is 6.87. The van der Waals surface area contributed by atoms with E-state index in [1.807, 2.05) is 42.1 Å². The molecule has 0 fully saturated rings. The van der Waals surface area contributed by atoms with Crippen molar-refractivity contribution >= 4 is 21.9 Å². The lowest BCUT2D eigenvalue weighted by Gasteiger charge is -1.94. The number of hydrogen-bond donors (Lipinski definition) is 2. The summed E-state index contributed by atoms with van der Waals surface area (Å²) in [6, 6.07) is 14.2. The summed E-state index contributed by atoms with van der Waals surface area (Å²) in [5, 5.41) is 5.69. The summed E-state index contributed by atoms with van der Waals surface area (Å²) in [5.41, 5.74) is 10.7. The van der Waals surface area contributed by atoms with E-state index < -0.39 is 0 Å². The van der Waals surface area contributed by atoms with E-state index >= 15 is 0 Å². The Morgan fingerprint density at radius 1 is 1.19 bits per heavy atom. The lowest BCUT2D eigenvalue weighted by molar-refractivity contribution is 0.798. The van der Waals surface area contributed by atoms with Gasteiger partial charge in [0.2, 0.25) is 0 Å².